The molecule has 0 radical (unpaired) electrons. The number of ether oxygens (including phenoxy) is 1. The lowest BCUT2D eigenvalue weighted by atomic mass is 10.1. The highest BCUT2D eigenvalue weighted by Gasteiger charge is 2.24. The zero-order valence-electron chi connectivity index (χ0n) is 15.3. The second kappa shape index (κ2) is 7.99. The Balaban J connectivity index is 1.74. The maximum Gasteiger partial charge on any atom is 0.344 e. The summed E-state index contributed by atoms with van der Waals surface area (Å²) in [5.74, 6) is 0.473. The molecule has 8 nitrogen and oxygen atoms in total. The van der Waals surface area contributed by atoms with Crippen molar-refractivity contribution >= 4 is 27.6 Å². The minimum atomic E-state index is -3.82. The van der Waals surface area contributed by atoms with E-state index in [0.717, 1.165) is 37.8 Å². The Labute approximate surface area is 159 Å². The number of hydrogen-bond donors (Lipinski definition) is 2. The molecule has 0 saturated carbocycles. The average Bonchev–Trinajstić information content (AvgIpc) is 2.63. The van der Waals surface area contributed by atoms with Crippen LogP contribution in [0.4, 0.5) is 5.69 Å². The molecule has 9 heteroatoms. The van der Waals surface area contributed by atoms with Crippen LogP contribution in [0.25, 0.3) is 0 Å². The van der Waals surface area contributed by atoms with Gasteiger partial charge >= 0.3 is 10.2 Å². The van der Waals surface area contributed by atoms with E-state index in [9.17, 15) is 13.2 Å². The summed E-state index contributed by atoms with van der Waals surface area (Å²) >= 11 is 0. The van der Waals surface area contributed by atoms with Crippen molar-refractivity contribution in [1.82, 2.24) is 4.90 Å². The minimum absolute atomic E-state index is 0.113. The number of nitrogens with zero attached hydrogens (tertiary/aromatic N) is 2. The Morgan fingerprint density at radius 1 is 1.44 bits per heavy atom. The number of anilines is 1. The summed E-state index contributed by atoms with van der Waals surface area (Å²) in [6.07, 6.45) is 5.84. The van der Waals surface area contributed by atoms with Crippen molar-refractivity contribution in [2.75, 3.05) is 17.8 Å². The molecule has 0 bridgehead atoms. The first-order valence-electron chi connectivity index (χ1n) is 9.03. The summed E-state index contributed by atoms with van der Waals surface area (Å²) in [5.41, 5.74) is 7.57. The van der Waals surface area contributed by atoms with E-state index in [-0.39, 0.29) is 11.7 Å². The van der Waals surface area contributed by atoms with Gasteiger partial charge in [-0.2, -0.15) is 8.42 Å². The number of rotatable bonds is 5. The number of nitrogens with two attached hydrogens (primary N) is 1. The van der Waals surface area contributed by atoms with Gasteiger partial charge in [-0.1, -0.05) is 19.4 Å². The van der Waals surface area contributed by atoms with E-state index in [2.05, 4.69) is 16.0 Å². The lowest BCUT2D eigenvalue weighted by Crippen LogP contribution is -2.36. The Kier molecular flexibility index (Phi) is 5.69. The summed E-state index contributed by atoms with van der Waals surface area (Å²) in [6, 6.07) is 4.98. The van der Waals surface area contributed by atoms with E-state index in [1.165, 1.54) is 0 Å². The van der Waals surface area contributed by atoms with Gasteiger partial charge in [0.25, 0.3) is 0 Å². The number of piperidine rings is 1. The molecule has 0 unspecified atom stereocenters. The fourth-order valence-corrected chi connectivity index (χ4v) is 4.00. The van der Waals surface area contributed by atoms with Crippen molar-refractivity contribution in [2.45, 2.75) is 39.0 Å². The predicted octanol–water partition coefficient (Wildman–Crippen LogP) is 2.14. The number of carbonyl (C=O) groups is 1. The lowest BCUT2D eigenvalue weighted by molar-refractivity contribution is -0.131. The Bertz CT molecular complexity index is 893. The van der Waals surface area contributed by atoms with E-state index in [0.29, 0.717) is 30.0 Å². The zero-order chi connectivity index (χ0) is 19.4. The molecule has 0 spiro atoms. The second-order valence-corrected chi connectivity index (χ2v) is 7.99. The number of amidine groups is 1. The molecule has 1 saturated heterocycles. The number of benzene rings is 1. The highest BCUT2D eigenvalue weighted by Crippen LogP contribution is 2.31. The first-order chi connectivity index (χ1) is 12.9. The van der Waals surface area contributed by atoms with Gasteiger partial charge in [0.05, 0.1) is 17.5 Å². The monoisotopic (exact) mass is 392 g/mol. The van der Waals surface area contributed by atoms with Crippen molar-refractivity contribution in [3.63, 3.8) is 0 Å². The summed E-state index contributed by atoms with van der Waals surface area (Å²) < 4.78 is 34.9. The average molecular weight is 392 g/mol. The smallest absolute Gasteiger partial charge is 0.344 e. The molecule has 3 N–H and O–H groups in total. The van der Waals surface area contributed by atoms with Gasteiger partial charge in [-0.05, 0) is 37.0 Å². The third-order valence-corrected chi connectivity index (χ3v) is 5.42. The molecule has 2 aliphatic rings. The molecule has 146 valence electrons. The second-order valence-electron chi connectivity index (χ2n) is 6.65. The first-order valence-corrected chi connectivity index (χ1v) is 10.5. The fraction of sp³-hybridized carbons (Fsp3) is 0.444. The van der Waals surface area contributed by atoms with Crippen LogP contribution in [0, 0.1) is 0 Å². The van der Waals surface area contributed by atoms with Crippen LogP contribution in [-0.4, -0.2) is 38.2 Å². The summed E-state index contributed by atoms with van der Waals surface area (Å²) in [5, 5.41) is 0. The van der Waals surface area contributed by atoms with Crippen LogP contribution in [-0.2, 0) is 15.0 Å². The summed E-state index contributed by atoms with van der Waals surface area (Å²) in [4.78, 5) is 14.1. The van der Waals surface area contributed by atoms with Gasteiger partial charge in [-0.15, -0.1) is 4.40 Å². The maximum atomic E-state index is 12.2. The van der Waals surface area contributed by atoms with Crippen molar-refractivity contribution in [2.24, 2.45) is 10.1 Å². The van der Waals surface area contributed by atoms with Gasteiger partial charge in [0.2, 0.25) is 5.91 Å². The van der Waals surface area contributed by atoms with Crippen molar-refractivity contribution < 1.29 is 17.9 Å². The molecule has 0 aliphatic carbocycles. The standard InChI is InChI=1S/C18H24N4O4S/c1-2-3-9-16(23)22-10-5-6-13(11-22)12-26-15-8-4-7-14-17(15)18(19)21-27(24,25)20-14/h4,7-8,12,20H,2-3,5-6,9-11H2,1H3,(H2,19,21)/b13-12+. The molecule has 1 amide bonds. The van der Waals surface area contributed by atoms with E-state index in [1.807, 2.05) is 4.90 Å². The van der Waals surface area contributed by atoms with Crippen LogP contribution >= 0.6 is 0 Å². The molecule has 1 fully saturated rings. The molecule has 0 aromatic heterocycles. The minimum Gasteiger partial charge on any atom is -0.464 e. The third-order valence-electron chi connectivity index (χ3n) is 4.51. The van der Waals surface area contributed by atoms with E-state index >= 15 is 0 Å². The molecule has 1 aromatic rings. The topological polar surface area (TPSA) is 114 Å². The number of hydrogen-bond acceptors (Lipinski definition) is 5. The lowest BCUT2D eigenvalue weighted by Gasteiger charge is -2.28. The van der Waals surface area contributed by atoms with Gasteiger partial charge in [0.15, 0.2) is 5.84 Å². The van der Waals surface area contributed by atoms with E-state index < -0.39 is 10.2 Å². The van der Waals surface area contributed by atoms with Crippen LogP contribution in [0.5, 0.6) is 5.75 Å². The van der Waals surface area contributed by atoms with Gasteiger partial charge < -0.3 is 15.4 Å². The van der Waals surface area contributed by atoms with Gasteiger partial charge in [0.1, 0.15) is 5.75 Å². The molecule has 2 heterocycles. The van der Waals surface area contributed by atoms with E-state index in [4.69, 9.17) is 10.5 Å². The molecule has 0 atom stereocenters. The SMILES string of the molecule is CCCCC(=O)N1CCC/C(=C\Oc2cccc3c2C(N)=NS(=O)(=O)N3)C1. The Hall–Kier alpha value is -2.55. The van der Waals surface area contributed by atoms with Crippen LogP contribution in [0.1, 0.15) is 44.6 Å². The van der Waals surface area contributed by atoms with Crippen LogP contribution < -0.4 is 15.2 Å². The summed E-state index contributed by atoms with van der Waals surface area (Å²) in [7, 11) is -3.82. The highest BCUT2D eigenvalue weighted by atomic mass is 32.2. The first kappa shape index (κ1) is 19.2. The normalized spacial score (nSPS) is 19.8. The van der Waals surface area contributed by atoms with Crippen molar-refractivity contribution in [3.8, 4) is 5.75 Å². The maximum absolute atomic E-state index is 12.2. The largest absolute Gasteiger partial charge is 0.464 e. The molecule has 27 heavy (non-hydrogen) atoms. The Morgan fingerprint density at radius 3 is 3.04 bits per heavy atom. The predicted molar refractivity (Wildman–Crippen MR) is 104 cm³/mol. The molecular formula is C18H24N4O4S. The van der Waals surface area contributed by atoms with Crippen molar-refractivity contribution in [3.05, 3.63) is 35.6 Å². The number of carbonyl (C=O) groups excluding carboxylic acids is 1. The van der Waals surface area contributed by atoms with Crippen LogP contribution in [0.2, 0.25) is 0 Å². The zero-order valence-corrected chi connectivity index (χ0v) is 16.1. The van der Waals surface area contributed by atoms with Gasteiger partial charge in [0, 0.05) is 19.5 Å². The number of nitrogens with one attached hydrogen (secondary N) is 1. The summed E-state index contributed by atoms with van der Waals surface area (Å²) in [6.45, 7) is 3.38. The van der Waals surface area contributed by atoms with Crippen LogP contribution in [0.3, 0.4) is 0 Å². The molecule has 3 rings (SSSR count). The third kappa shape index (κ3) is 4.60. The van der Waals surface area contributed by atoms with E-state index in [1.54, 1.807) is 24.5 Å². The van der Waals surface area contributed by atoms with Gasteiger partial charge in [-0.25, -0.2) is 0 Å². The number of unbranched alkanes of at least 4 members (excludes halogenated alkanes) is 1. The van der Waals surface area contributed by atoms with Crippen LogP contribution in [0.15, 0.2) is 34.4 Å². The quantitative estimate of drug-likeness (QED) is 0.745. The molecule has 1 aromatic carbocycles. The number of likely N-dealkylation sites (tertiary alicyclic amines) is 1. The fourth-order valence-electron chi connectivity index (χ4n) is 3.16. The van der Waals surface area contributed by atoms with Gasteiger partial charge in [-0.3, -0.25) is 9.52 Å². The number of amides is 1. The highest BCUT2D eigenvalue weighted by molar-refractivity contribution is 7.91. The van der Waals surface area contributed by atoms with Crippen molar-refractivity contribution in [1.29, 1.82) is 0 Å². The molecular weight excluding hydrogens is 368 g/mol. The molecule has 2 aliphatic heterocycles. The number of fused-ring (bicyclic) bond motifs is 1. The Morgan fingerprint density at radius 2 is 2.26 bits per heavy atom.